The Labute approximate surface area is 95.2 Å². The third-order valence-electron chi connectivity index (χ3n) is 2.17. The highest BCUT2D eigenvalue weighted by molar-refractivity contribution is 5.53. The Bertz CT molecular complexity index is 487. The fourth-order valence-corrected chi connectivity index (χ4v) is 1.50. The van der Waals surface area contributed by atoms with Gasteiger partial charge in [-0.15, -0.1) is 0 Å². The van der Waals surface area contributed by atoms with E-state index in [0.717, 1.165) is 0 Å². The van der Waals surface area contributed by atoms with Crippen LogP contribution in [0.5, 0.6) is 0 Å². The van der Waals surface area contributed by atoms with Crippen LogP contribution in [0.15, 0.2) is 12.1 Å². The van der Waals surface area contributed by atoms with Crippen molar-refractivity contribution >= 4 is 0 Å². The summed E-state index contributed by atoms with van der Waals surface area (Å²) in [5, 5.41) is 26.7. The number of nitriles is 3. The van der Waals surface area contributed by atoms with Crippen LogP contribution in [0.1, 0.15) is 29.2 Å². The summed E-state index contributed by atoms with van der Waals surface area (Å²) in [5.74, 6) is 0.118. The number of hydrogen-bond acceptors (Lipinski definition) is 3. The van der Waals surface area contributed by atoms with Gasteiger partial charge in [-0.05, 0) is 30.0 Å². The molecule has 0 aromatic heterocycles. The minimum absolute atomic E-state index is 0.118. The van der Waals surface area contributed by atoms with E-state index in [1.807, 2.05) is 25.1 Å². The van der Waals surface area contributed by atoms with Gasteiger partial charge in [0.25, 0.3) is 0 Å². The summed E-state index contributed by atoms with van der Waals surface area (Å²) in [6, 6.07) is 9.00. The molecule has 1 aromatic carbocycles. The maximum atomic E-state index is 8.98. The van der Waals surface area contributed by atoms with Crippen LogP contribution in [-0.4, -0.2) is 0 Å². The Morgan fingerprint density at radius 3 is 1.94 bits per heavy atom. The van der Waals surface area contributed by atoms with Gasteiger partial charge in [0.05, 0.1) is 34.9 Å². The molecule has 77 valence electrons. The molecular formula is C13H10N3. The van der Waals surface area contributed by atoms with Crippen LogP contribution in [0.25, 0.3) is 0 Å². The topological polar surface area (TPSA) is 71.4 Å². The van der Waals surface area contributed by atoms with Crippen molar-refractivity contribution in [3.8, 4) is 18.2 Å². The maximum absolute atomic E-state index is 8.98. The van der Waals surface area contributed by atoms with Crippen LogP contribution in [0.4, 0.5) is 0 Å². The Balaban J connectivity index is 3.42. The molecule has 16 heavy (non-hydrogen) atoms. The average molecular weight is 208 g/mol. The predicted octanol–water partition coefficient (Wildman–Crippen LogP) is 2.31. The molecular weight excluding hydrogens is 198 g/mol. The minimum Gasteiger partial charge on any atom is -0.192 e. The Morgan fingerprint density at radius 1 is 1.12 bits per heavy atom. The fraction of sp³-hybridized carbons (Fsp3) is 0.231. The highest BCUT2D eigenvalue weighted by Crippen LogP contribution is 2.20. The van der Waals surface area contributed by atoms with E-state index < -0.39 is 0 Å². The number of benzene rings is 1. The first kappa shape index (κ1) is 11.8. The van der Waals surface area contributed by atoms with Crippen LogP contribution in [0, 0.1) is 46.8 Å². The van der Waals surface area contributed by atoms with Gasteiger partial charge in [-0.25, -0.2) is 0 Å². The summed E-state index contributed by atoms with van der Waals surface area (Å²) in [4.78, 5) is 0. The lowest BCUT2D eigenvalue weighted by Crippen LogP contribution is -2.02. The van der Waals surface area contributed by atoms with Crippen molar-refractivity contribution in [2.24, 2.45) is 5.92 Å². The van der Waals surface area contributed by atoms with Gasteiger partial charge in [-0.2, -0.15) is 15.8 Å². The fourth-order valence-electron chi connectivity index (χ4n) is 1.50. The lowest BCUT2D eigenvalue weighted by molar-refractivity contribution is 0.716. The van der Waals surface area contributed by atoms with Crippen molar-refractivity contribution < 1.29 is 0 Å². The second-order valence-corrected chi connectivity index (χ2v) is 3.69. The van der Waals surface area contributed by atoms with Crippen molar-refractivity contribution in [1.82, 2.24) is 0 Å². The van der Waals surface area contributed by atoms with Crippen molar-refractivity contribution in [1.29, 1.82) is 15.8 Å². The van der Waals surface area contributed by atoms with Gasteiger partial charge in [0.15, 0.2) is 0 Å². The van der Waals surface area contributed by atoms with E-state index >= 15 is 0 Å². The quantitative estimate of drug-likeness (QED) is 0.748. The lowest BCUT2D eigenvalue weighted by atomic mass is 9.92. The smallest absolute Gasteiger partial charge is 0.0995 e. The first-order valence-electron chi connectivity index (χ1n) is 4.82. The first-order valence-corrected chi connectivity index (χ1v) is 4.82. The van der Waals surface area contributed by atoms with Gasteiger partial charge in [-0.1, -0.05) is 13.8 Å². The van der Waals surface area contributed by atoms with Gasteiger partial charge >= 0.3 is 0 Å². The molecule has 0 N–H and O–H groups in total. The standard InChI is InChI=1S/C13H10N3/c1-9(2)3-13-11(7-15)4-10(6-14)5-12(13)8-16/h4-5,9H,1,3H2,2H3. The van der Waals surface area contributed by atoms with E-state index in [2.05, 4.69) is 6.92 Å². The summed E-state index contributed by atoms with van der Waals surface area (Å²) in [6.07, 6.45) is 0.567. The van der Waals surface area contributed by atoms with Crippen LogP contribution >= 0.6 is 0 Å². The number of hydrogen-bond donors (Lipinski definition) is 0. The summed E-state index contributed by atoms with van der Waals surface area (Å²) >= 11 is 0. The van der Waals surface area contributed by atoms with Gasteiger partial charge in [0.1, 0.15) is 0 Å². The molecule has 3 nitrogen and oxygen atoms in total. The molecule has 0 heterocycles. The van der Waals surface area contributed by atoms with Crippen molar-refractivity contribution in [2.45, 2.75) is 13.3 Å². The molecule has 0 spiro atoms. The van der Waals surface area contributed by atoms with Crippen molar-refractivity contribution in [3.63, 3.8) is 0 Å². The third-order valence-corrected chi connectivity index (χ3v) is 2.17. The zero-order valence-electron chi connectivity index (χ0n) is 8.99. The van der Waals surface area contributed by atoms with Gasteiger partial charge in [0.2, 0.25) is 0 Å². The highest BCUT2D eigenvalue weighted by Gasteiger charge is 2.12. The van der Waals surface area contributed by atoms with Gasteiger partial charge in [-0.3, -0.25) is 0 Å². The molecule has 1 atom stereocenters. The molecule has 0 saturated heterocycles. The SMILES string of the molecule is [CH2]C(C)Cc1c(C#N)cc(C#N)cc1C#N. The zero-order chi connectivity index (χ0) is 12.1. The predicted molar refractivity (Wildman–Crippen MR) is 58.8 cm³/mol. The second kappa shape index (κ2) is 4.96. The molecule has 3 heteroatoms. The van der Waals surface area contributed by atoms with E-state index in [9.17, 15) is 0 Å². The number of rotatable bonds is 2. The number of nitrogens with zero attached hydrogens (tertiary/aromatic N) is 3. The molecule has 1 unspecified atom stereocenters. The molecule has 1 rings (SSSR count). The monoisotopic (exact) mass is 208 g/mol. The molecule has 0 aliphatic rings. The third kappa shape index (κ3) is 2.38. The maximum Gasteiger partial charge on any atom is 0.0995 e. The largest absolute Gasteiger partial charge is 0.192 e. The molecule has 0 saturated carbocycles. The molecule has 0 amide bonds. The average Bonchev–Trinajstić information content (AvgIpc) is 2.28. The van der Waals surface area contributed by atoms with Gasteiger partial charge < -0.3 is 0 Å². The van der Waals surface area contributed by atoms with E-state index in [0.29, 0.717) is 28.7 Å². The molecule has 1 aromatic rings. The summed E-state index contributed by atoms with van der Waals surface area (Å²) < 4.78 is 0. The summed E-state index contributed by atoms with van der Waals surface area (Å²) in [6.45, 7) is 5.76. The molecule has 0 aliphatic heterocycles. The molecule has 0 fully saturated rings. The van der Waals surface area contributed by atoms with Crippen LogP contribution < -0.4 is 0 Å². The molecule has 1 radical (unpaired) electrons. The van der Waals surface area contributed by atoms with E-state index in [1.165, 1.54) is 12.1 Å². The Morgan fingerprint density at radius 2 is 1.62 bits per heavy atom. The normalized spacial score (nSPS) is 9.25. The lowest BCUT2D eigenvalue weighted by Gasteiger charge is -2.09. The van der Waals surface area contributed by atoms with Crippen LogP contribution in [0.2, 0.25) is 0 Å². The highest BCUT2D eigenvalue weighted by atomic mass is 14.3. The Hall–Kier alpha value is -2.31. The molecule has 0 bridgehead atoms. The van der Waals surface area contributed by atoms with E-state index in [4.69, 9.17) is 15.8 Å². The van der Waals surface area contributed by atoms with Crippen LogP contribution in [-0.2, 0) is 6.42 Å². The summed E-state index contributed by atoms with van der Waals surface area (Å²) in [5.41, 5.74) is 1.82. The zero-order valence-corrected chi connectivity index (χ0v) is 8.99. The first-order chi connectivity index (χ1) is 7.62. The van der Waals surface area contributed by atoms with Gasteiger partial charge in [0, 0.05) is 0 Å². The van der Waals surface area contributed by atoms with E-state index in [1.54, 1.807) is 0 Å². The van der Waals surface area contributed by atoms with Crippen molar-refractivity contribution in [3.05, 3.63) is 41.3 Å². The molecule has 0 aliphatic carbocycles. The second-order valence-electron chi connectivity index (χ2n) is 3.69. The van der Waals surface area contributed by atoms with Crippen LogP contribution in [0.3, 0.4) is 0 Å². The van der Waals surface area contributed by atoms with Crippen molar-refractivity contribution in [2.75, 3.05) is 0 Å². The Kier molecular flexibility index (Phi) is 3.65. The summed E-state index contributed by atoms with van der Waals surface area (Å²) in [7, 11) is 0. The van der Waals surface area contributed by atoms with E-state index in [-0.39, 0.29) is 5.92 Å². The minimum atomic E-state index is 0.118.